The van der Waals surface area contributed by atoms with Crippen molar-refractivity contribution in [3.8, 4) is 11.9 Å². The van der Waals surface area contributed by atoms with Crippen molar-refractivity contribution in [1.29, 1.82) is 5.26 Å². The molecule has 1 saturated carbocycles. The Hall–Kier alpha value is -3.32. The Morgan fingerprint density at radius 3 is 2.81 bits per heavy atom. The molecule has 0 saturated heterocycles. The van der Waals surface area contributed by atoms with Crippen molar-refractivity contribution in [2.45, 2.75) is 44.5 Å². The summed E-state index contributed by atoms with van der Waals surface area (Å²) in [6.45, 7) is 0.973. The number of aromatic nitrogens is 2. The van der Waals surface area contributed by atoms with Crippen LogP contribution in [0.4, 0.5) is 24.7 Å². The Labute approximate surface area is 183 Å². The molecule has 0 amide bonds. The molecule has 2 aromatic rings. The van der Waals surface area contributed by atoms with E-state index < -0.39 is 12.8 Å². The molecule has 0 bridgehead atoms. The zero-order valence-electron chi connectivity index (χ0n) is 17.2. The lowest BCUT2D eigenvalue weighted by Crippen LogP contribution is -2.21. The van der Waals surface area contributed by atoms with Crippen molar-refractivity contribution in [3.63, 3.8) is 0 Å². The van der Waals surface area contributed by atoms with Crippen LogP contribution < -0.4 is 15.4 Å². The van der Waals surface area contributed by atoms with E-state index in [1.54, 1.807) is 24.4 Å². The first-order valence-corrected chi connectivity index (χ1v) is 10.3. The van der Waals surface area contributed by atoms with E-state index in [1.807, 2.05) is 12.3 Å². The predicted molar refractivity (Wildman–Crippen MR) is 111 cm³/mol. The lowest BCUT2D eigenvalue weighted by molar-refractivity contribution is -0.0666. The number of halogens is 3. The van der Waals surface area contributed by atoms with Gasteiger partial charge in [-0.1, -0.05) is 18.2 Å². The standard InChI is InChI=1S/C22H22F3N5O2/c23-20(24)21(25)32-19-15(13-6-8-31-9-7-13)2-1-3-16(19)30-22-18(10-27-12-26)29-17(11-28-22)14-4-5-14/h1-3,6,11,14,20-21,27H,4-5,7-10H2,(H,28,30). The van der Waals surface area contributed by atoms with Gasteiger partial charge in [-0.05, 0) is 30.9 Å². The number of alkyl halides is 3. The number of nitrogens with zero attached hydrogens (tertiary/aromatic N) is 3. The van der Waals surface area contributed by atoms with Crippen LogP contribution in [0.3, 0.4) is 0 Å². The minimum atomic E-state index is -3.30. The zero-order chi connectivity index (χ0) is 22.5. The molecule has 10 heteroatoms. The van der Waals surface area contributed by atoms with Crippen LogP contribution in [0.5, 0.6) is 5.75 Å². The third-order valence-electron chi connectivity index (χ3n) is 5.20. The number of para-hydroxylation sites is 1. The van der Waals surface area contributed by atoms with E-state index >= 15 is 0 Å². The maximum atomic E-state index is 14.0. The van der Waals surface area contributed by atoms with Crippen molar-refractivity contribution in [2.75, 3.05) is 18.5 Å². The van der Waals surface area contributed by atoms with E-state index in [4.69, 9.17) is 14.7 Å². The second-order valence-electron chi connectivity index (χ2n) is 7.49. The summed E-state index contributed by atoms with van der Waals surface area (Å²) >= 11 is 0. The number of benzene rings is 1. The first-order chi connectivity index (χ1) is 15.6. The van der Waals surface area contributed by atoms with E-state index in [1.165, 1.54) is 0 Å². The van der Waals surface area contributed by atoms with Crippen LogP contribution >= 0.6 is 0 Å². The van der Waals surface area contributed by atoms with Crippen molar-refractivity contribution in [3.05, 3.63) is 47.4 Å². The molecule has 7 nitrogen and oxygen atoms in total. The topological polar surface area (TPSA) is 92.1 Å². The third kappa shape index (κ3) is 5.11. The summed E-state index contributed by atoms with van der Waals surface area (Å²) in [4.78, 5) is 9.03. The van der Waals surface area contributed by atoms with Crippen molar-refractivity contribution in [2.24, 2.45) is 0 Å². The van der Waals surface area contributed by atoms with Gasteiger partial charge in [0.15, 0.2) is 17.8 Å². The number of anilines is 2. The van der Waals surface area contributed by atoms with Gasteiger partial charge in [-0.2, -0.15) is 9.65 Å². The predicted octanol–water partition coefficient (Wildman–Crippen LogP) is 4.41. The fourth-order valence-corrected chi connectivity index (χ4v) is 3.45. The molecule has 1 aromatic heterocycles. The molecule has 168 valence electrons. The zero-order valence-corrected chi connectivity index (χ0v) is 17.2. The SMILES string of the molecule is N#CNCc1nc(C2CC2)cnc1Nc1cccc(C2=CCOCC2)c1OC(F)C(F)F. The summed E-state index contributed by atoms with van der Waals surface area (Å²) in [7, 11) is 0. The summed E-state index contributed by atoms with van der Waals surface area (Å²) in [6, 6.07) is 5.00. The van der Waals surface area contributed by atoms with Gasteiger partial charge < -0.3 is 20.1 Å². The summed E-state index contributed by atoms with van der Waals surface area (Å²) in [5, 5.41) is 14.5. The molecule has 4 rings (SSSR count). The van der Waals surface area contributed by atoms with Crippen LogP contribution in [0, 0.1) is 11.5 Å². The van der Waals surface area contributed by atoms with Gasteiger partial charge in [0.2, 0.25) is 0 Å². The second-order valence-corrected chi connectivity index (χ2v) is 7.49. The van der Waals surface area contributed by atoms with E-state index in [9.17, 15) is 13.2 Å². The van der Waals surface area contributed by atoms with E-state index in [-0.39, 0.29) is 18.0 Å². The molecular weight excluding hydrogens is 423 g/mol. The summed E-state index contributed by atoms with van der Waals surface area (Å²) in [5.41, 5.74) is 2.91. The maximum absolute atomic E-state index is 14.0. The van der Waals surface area contributed by atoms with Crippen LogP contribution in [0.25, 0.3) is 5.57 Å². The van der Waals surface area contributed by atoms with E-state index in [0.717, 1.165) is 24.1 Å². The molecular formula is C22H22F3N5O2. The Kier molecular flexibility index (Phi) is 6.75. The largest absolute Gasteiger partial charge is 0.452 e. The molecule has 1 unspecified atom stereocenters. The molecule has 2 aliphatic rings. The van der Waals surface area contributed by atoms with Gasteiger partial charge in [-0.15, -0.1) is 0 Å². The Bertz CT molecular complexity index is 1040. The minimum Gasteiger partial charge on any atom is -0.452 e. The van der Waals surface area contributed by atoms with Crippen molar-refractivity contribution >= 4 is 17.1 Å². The fraction of sp³-hybridized carbons (Fsp3) is 0.409. The molecule has 0 radical (unpaired) electrons. The molecule has 1 aliphatic carbocycles. The lowest BCUT2D eigenvalue weighted by atomic mass is 9.99. The molecule has 2 N–H and O–H groups in total. The Balaban J connectivity index is 1.71. The van der Waals surface area contributed by atoms with Crippen molar-refractivity contribution < 1.29 is 22.6 Å². The van der Waals surface area contributed by atoms with E-state index in [2.05, 4.69) is 20.6 Å². The van der Waals surface area contributed by atoms with Gasteiger partial charge in [0.1, 0.15) is 5.69 Å². The monoisotopic (exact) mass is 445 g/mol. The Morgan fingerprint density at radius 2 is 2.12 bits per heavy atom. The highest BCUT2D eigenvalue weighted by Gasteiger charge is 2.28. The highest BCUT2D eigenvalue weighted by Crippen LogP contribution is 2.41. The van der Waals surface area contributed by atoms with Gasteiger partial charge in [-0.3, -0.25) is 4.98 Å². The lowest BCUT2D eigenvalue weighted by Gasteiger charge is -2.22. The first kappa shape index (κ1) is 21.9. The molecule has 1 atom stereocenters. The number of ether oxygens (including phenoxy) is 2. The van der Waals surface area contributed by atoms with Gasteiger partial charge >= 0.3 is 6.43 Å². The molecule has 2 heterocycles. The summed E-state index contributed by atoms with van der Waals surface area (Å²) in [6.07, 6.45) is 1.85. The van der Waals surface area contributed by atoms with Gasteiger partial charge in [0, 0.05) is 11.5 Å². The summed E-state index contributed by atoms with van der Waals surface area (Å²) in [5.74, 6) is 0.645. The summed E-state index contributed by atoms with van der Waals surface area (Å²) < 4.78 is 50.3. The first-order valence-electron chi connectivity index (χ1n) is 10.3. The molecule has 1 aliphatic heterocycles. The highest BCUT2D eigenvalue weighted by atomic mass is 19.3. The van der Waals surface area contributed by atoms with Crippen LogP contribution in [0.2, 0.25) is 0 Å². The number of nitrogens with one attached hydrogen (secondary N) is 2. The number of hydrogen-bond acceptors (Lipinski definition) is 7. The van der Waals surface area contributed by atoms with Crippen LogP contribution in [-0.2, 0) is 11.3 Å². The van der Waals surface area contributed by atoms with Crippen LogP contribution in [0.15, 0.2) is 30.5 Å². The Morgan fingerprint density at radius 1 is 1.28 bits per heavy atom. The number of hydrogen-bond donors (Lipinski definition) is 2. The smallest absolute Gasteiger partial charge is 0.304 e. The highest BCUT2D eigenvalue weighted by molar-refractivity contribution is 5.79. The van der Waals surface area contributed by atoms with Crippen LogP contribution in [-0.4, -0.2) is 36.0 Å². The van der Waals surface area contributed by atoms with Gasteiger partial charge in [0.25, 0.3) is 6.36 Å². The number of nitriles is 1. The second kappa shape index (κ2) is 9.87. The number of rotatable bonds is 9. The van der Waals surface area contributed by atoms with E-state index in [0.29, 0.717) is 42.6 Å². The maximum Gasteiger partial charge on any atom is 0.304 e. The van der Waals surface area contributed by atoms with Gasteiger partial charge in [-0.25, -0.2) is 13.8 Å². The average molecular weight is 445 g/mol. The third-order valence-corrected chi connectivity index (χ3v) is 5.20. The molecule has 0 spiro atoms. The molecule has 32 heavy (non-hydrogen) atoms. The quantitative estimate of drug-likeness (QED) is 0.436. The minimum absolute atomic E-state index is 0.0410. The normalized spacial score (nSPS) is 16.8. The molecule has 1 fully saturated rings. The average Bonchev–Trinajstić information content (AvgIpc) is 3.65. The fourth-order valence-electron chi connectivity index (χ4n) is 3.45. The van der Waals surface area contributed by atoms with Gasteiger partial charge in [0.05, 0.1) is 37.3 Å². The van der Waals surface area contributed by atoms with Crippen LogP contribution in [0.1, 0.15) is 42.1 Å². The van der Waals surface area contributed by atoms with Crippen molar-refractivity contribution in [1.82, 2.24) is 15.3 Å². The molecule has 1 aromatic carbocycles.